The van der Waals surface area contributed by atoms with Crippen molar-refractivity contribution in [3.05, 3.63) is 24.3 Å². The molecule has 25 heavy (non-hydrogen) atoms. The van der Waals surface area contributed by atoms with Crippen LogP contribution >= 0.6 is 0 Å². The topological polar surface area (TPSA) is 41.3 Å². The molecule has 0 amide bonds. The van der Waals surface area contributed by atoms with E-state index in [-0.39, 0.29) is 0 Å². The number of hydrogen-bond donors (Lipinski definition) is 2. The molecule has 136 valence electrons. The molecule has 2 aliphatic carbocycles. The minimum atomic E-state index is 0.599. The van der Waals surface area contributed by atoms with Crippen molar-refractivity contribution < 1.29 is 0 Å². The smallest absolute Gasteiger partial charge is 0.0576 e. The summed E-state index contributed by atoms with van der Waals surface area (Å²) in [7, 11) is 0. The molecule has 4 aliphatic rings. The van der Waals surface area contributed by atoms with E-state index in [0.717, 1.165) is 41.3 Å². The lowest BCUT2D eigenvalue weighted by Gasteiger charge is -2.49. The van der Waals surface area contributed by atoms with Crippen LogP contribution in [-0.4, -0.2) is 29.1 Å². The zero-order valence-electron chi connectivity index (χ0n) is 15.4. The number of hydrogen-bond acceptors (Lipinski definition) is 3. The van der Waals surface area contributed by atoms with E-state index in [9.17, 15) is 0 Å². The molecular formula is C22H33N3. The molecule has 4 atom stereocenters. The highest BCUT2D eigenvalue weighted by Gasteiger charge is 2.46. The zero-order chi connectivity index (χ0) is 16.8. The maximum Gasteiger partial charge on any atom is 0.0576 e. The number of nitrogen functional groups attached to an aromatic ring is 1. The van der Waals surface area contributed by atoms with E-state index in [0.29, 0.717) is 6.04 Å². The highest BCUT2D eigenvalue weighted by Crippen LogP contribution is 2.46. The second-order valence-electron chi connectivity index (χ2n) is 9.26. The van der Waals surface area contributed by atoms with Gasteiger partial charge < -0.3 is 11.1 Å². The van der Waals surface area contributed by atoms with Gasteiger partial charge in [-0.3, -0.25) is 4.90 Å². The number of nitrogens with one attached hydrogen (secondary N) is 1. The lowest BCUT2D eigenvalue weighted by Crippen LogP contribution is -2.53. The quantitative estimate of drug-likeness (QED) is 0.788. The van der Waals surface area contributed by atoms with Crippen LogP contribution in [0.4, 0.5) is 11.4 Å². The summed E-state index contributed by atoms with van der Waals surface area (Å²) in [5.41, 5.74) is 8.16. The van der Waals surface area contributed by atoms with Gasteiger partial charge in [0.15, 0.2) is 0 Å². The Morgan fingerprint density at radius 2 is 1.48 bits per heavy atom. The molecule has 1 aromatic rings. The predicted molar refractivity (Wildman–Crippen MR) is 105 cm³/mol. The number of rotatable bonds is 3. The number of anilines is 2. The third kappa shape index (κ3) is 3.05. The molecule has 2 heterocycles. The molecule has 0 aromatic heterocycles. The maximum atomic E-state index is 6.15. The van der Waals surface area contributed by atoms with Gasteiger partial charge in [0.25, 0.3) is 0 Å². The van der Waals surface area contributed by atoms with Crippen molar-refractivity contribution >= 4 is 11.4 Å². The average molecular weight is 340 g/mol. The first-order valence-corrected chi connectivity index (χ1v) is 10.6. The van der Waals surface area contributed by atoms with Gasteiger partial charge in [-0.25, -0.2) is 0 Å². The molecule has 3 N–H and O–H groups in total. The van der Waals surface area contributed by atoms with Gasteiger partial charge in [0.2, 0.25) is 0 Å². The van der Waals surface area contributed by atoms with Crippen molar-refractivity contribution in [2.45, 2.75) is 88.4 Å². The van der Waals surface area contributed by atoms with Gasteiger partial charge >= 0.3 is 0 Å². The minimum Gasteiger partial charge on any atom is -0.397 e. The van der Waals surface area contributed by atoms with Crippen molar-refractivity contribution in [1.29, 1.82) is 0 Å². The summed E-state index contributed by atoms with van der Waals surface area (Å²) in [6.45, 7) is 0. The number of para-hydroxylation sites is 2. The summed E-state index contributed by atoms with van der Waals surface area (Å²) >= 11 is 0. The monoisotopic (exact) mass is 339 g/mol. The molecule has 0 radical (unpaired) electrons. The Kier molecular flexibility index (Phi) is 4.16. The van der Waals surface area contributed by atoms with Crippen LogP contribution in [0, 0.1) is 11.8 Å². The van der Waals surface area contributed by atoms with Crippen LogP contribution in [-0.2, 0) is 0 Å². The van der Waals surface area contributed by atoms with Crippen molar-refractivity contribution in [2.75, 3.05) is 11.1 Å². The number of fused-ring (bicyclic) bond motifs is 4. The summed E-state index contributed by atoms with van der Waals surface area (Å²) in [5, 5.41) is 3.76. The molecule has 2 saturated heterocycles. The number of nitrogens with zero attached hydrogens (tertiary/aromatic N) is 1. The van der Waals surface area contributed by atoms with Crippen LogP contribution in [0.3, 0.4) is 0 Å². The van der Waals surface area contributed by atoms with E-state index < -0.39 is 0 Å². The Bertz CT molecular complexity index is 589. The van der Waals surface area contributed by atoms with Crippen molar-refractivity contribution in [1.82, 2.24) is 4.90 Å². The molecule has 3 heteroatoms. The fourth-order valence-electron chi connectivity index (χ4n) is 6.72. The summed E-state index contributed by atoms with van der Waals surface area (Å²) in [4.78, 5) is 3.00. The second kappa shape index (κ2) is 6.50. The molecule has 4 fully saturated rings. The first-order valence-electron chi connectivity index (χ1n) is 10.6. The van der Waals surface area contributed by atoms with Gasteiger partial charge in [0.05, 0.1) is 11.4 Å². The summed E-state index contributed by atoms with van der Waals surface area (Å²) < 4.78 is 0. The molecular weight excluding hydrogens is 306 g/mol. The fraction of sp³-hybridized carbons (Fsp3) is 0.727. The average Bonchev–Trinajstić information content (AvgIpc) is 2.87. The van der Waals surface area contributed by atoms with Gasteiger partial charge in [0, 0.05) is 24.2 Å². The number of nitrogens with two attached hydrogens (primary N) is 1. The zero-order valence-corrected chi connectivity index (χ0v) is 15.4. The Morgan fingerprint density at radius 3 is 2.16 bits per heavy atom. The number of benzene rings is 1. The SMILES string of the molecule is Nc1ccccc1NC1CC2CCC(C1)N2C1CC2CCCC(C2)C1. The standard InChI is InChI=1S/C22H33N3/c23-21-6-1-2-7-22(21)24-17-13-18-8-9-19(14-17)25(18)20-11-15-4-3-5-16(10-15)12-20/h1-2,6-7,15-20,24H,3-5,8-14,23H2. The van der Waals surface area contributed by atoms with Gasteiger partial charge in [0.1, 0.15) is 0 Å². The normalized spacial score (nSPS) is 40.8. The lowest BCUT2D eigenvalue weighted by atomic mass is 9.69. The highest BCUT2D eigenvalue weighted by atomic mass is 15.3. The van der Waals surface area contributed by atoms with Gasteiger partial charge in [-0.05, 0) is 68.9 Å². The Hall–Kier alpha value is -1.22. The highest BCUT2D eigenvalue weighted by molar-refractivity contribution is 5.66. The van der Waals surface area contributed by atoms with Crippen LogP contribution in [0.5, 0.6) is 0 Å². The van der Waals surface area contributed by atoms with Crippen LogP contribution in [0.25, 0.3) is 0 Å². The van der Waals surface area contributed by atoms with Crippen molar-refractivity contribution in [3.63, 3.8) is 0 Å². The third-order valence-electron chi connectivity index (χ3n) is 7.63. The van der Waals surface area contributed by atoms with E-state index >= 15 is 0 Å². The maximum absolute atomic E-state index is 6.15. The van der Waals surface area contributed by atoms with E-state index in [1.165, 1.54) is 64.2 Å². The second-order valence-corrected chi connectivity index (χ2v) is 9.26. The van der Waals surface area contributed by atoms with Crippen LogP contribution in [0.15, 0.2) is 24.3 Å². The van der Waals surface area contributed by atoms with Gasteiger partial charge in [-0.2, -0.15) is 0 Å². The molecule has 2 aliphatic heterocycles. The first-order chi connectivity index (χ1) is 12.3. The van der Waals surface area contributed by atoms with Gasteiger partial charge in [-0.1, -0.05) is 31.4 Å². The molecule has 4 unspecified atom stereocenters. The van der Waals surface area contributed by atoms with Crippen LogP contribution in [0.2, 0.25) is 0 Å². The third-order valence-corrected chi connectivity index (χ3v) is 7.63. The minimum absolute atomic E-state index is 0.599. The summed E-state index contributed by atoms with van der Waals surface area (Å²) in [5.74, 6) is 2.08. The van der Waals surface area contributed by atoms with E-state index in [2.05, 4.69) is 22.3 Å². The summed E-state index contributed by atoms with van der Waals surface area (Å²) in [6, 6.07) is 11.4. The molecule has 1 aromatic carbocycles. The Morgan fingerprint density at radius 1 is 0.800 bits per heavy atom. The molecule has 0 spiro atoms. The van der Waals surface area contributed by atoms with Crippen molar-refractivity contribution in [3.8, 4) is 0 Å². The van der Waals surface area contributed by atoms with Crippen LogP contribution < -0.4 is 11.1 Å². The molecule has 3 nitrogen and oxygen atoms in total. The van der Waals surface area contributed by atoms with E-state index in [1.54, 1.807) is 0 Å². The Labute approximate surface area is 152 Å². The molecule has 2 saturated carbocycles. The first kappa shape index (κ1) is 16.0. The lowest BCUT2D eigenvalue weighted by molar-refractivity contribution is 0.0177. The largest absolute Gasteiger partial charge is 0.397 e. The van der Waals surface area contributed by atoms with E-state index in [1.807, 2.05) is 12.1 Å². The predicted octanol–water partition coefficient (Wildman–Crippen LogP) is 4.64. The fourth-order valence-corrected chi connectivity index (χ4v) is 6.72. The Balaban J connectivity index is 1.27. The van der Waals surface area contributed by atoms with E-state index in [4.69, 9.17) is 5.73 Å². The number of piperidine rings is 1. The van der Waals surface area contributed by atoms with Crippen LogP contribution in [0.1, 0.15) is 64.2 Å². The molecule has 5 rings (SSSR count). The van der Waals surface area contributed by atoms with Crippen molar-refractivity contribution in [2.24, 2.45) is 11.8 Å². The molecule has 4 bridgehead atoms. The summed E-state index contributed by atoms with van der Waals surface area (Å²) in [6.07, 6.45) is 14.5. The van der Waals surface area contributed by atoms with Gasteiger partial charge in [-0.15, -0.1) is 0 Å².